The van der Waals surface area contributed by atoms with Crippen LogP contribution in [0, 0.1) is 5.92 Å². The summed E-state index contributed by atoms with van der Waals surface area (Å²) in [7, 11) is 0. The lowest BCUT2D eigenvalue weighted by molar-refractivity contribution is -0.134. The van der Waals surface area contributed by atoms with Gasteiger partial charge in [0.25, 0.3) is 0 Å². The third-order valence-electron chi connectivity index (χ3n) is 4.26. The Labute approximate surface area is 104 Å². The van der Waals surface area contributed by atoms with Crippen LogP contribution in [0.3, 0.4) is 0 Å². The molecule has 0 radical (unpaired) electrons. The molecule has 1 amide bonds. The maximum Gasteiger partial charge on any atom is 0.227 e. The number of carbonyl (C=O) groups excluding carboxylic acids is 1. The molecule has 0 aromatic rings. The number of nitrogens with two attached hydrogens (primary N) is 1. The average molecular weight is 239 g/mol. The third-order valence-corrected chi connectivity index (χ3v) is 4.26. The highest BCUT2D eigenvalue weighted by Gasteiger charge is 2.43. The molecule has 2 N–H and O–H groups in total. The monoisotopic (exact) mass is 239 g/mol. The highest BCUT2D eigenvalue weighted by Crippen LogP contribution is 2.31. The summed E-state index contributed by atoms with van der Waals surface area (Å²) < 4.78 is 0. The molecule has 2 rings (SSSR count). The molecule has 2 atom stereocenters. The molecule has 4 nitrogen and oxygen atoms in total. The maximum atomic E-state index is 12.0. The Bertz CT molecular complexity index is 270. The summed E-state index contributed by atoms with van der Waals surface area (Å²) >= 11 is 0. The van der Waals surface area contributed by atoms with Gasteiger partial charge in [0.15, 0.2) is 0 Å². The smallest absolute Gasteiger partial charge is 0.227 e. The zero-order valence-electron chi connectivity index (χ0n) is 11.1. The van der Waals surface area contributed by atoms with E-state index in [-0.39, 0.29) is 12.0 Å². The van der Waals surface area contributed by atoms with Gasteiger partial charge in [0.1, 0.15) is 0 Å². The molecule has 0 bridgehead atoms. The second-order valence-corrected chi connectivity index (χ2v) is 5.28. The molecular weight excluding hydrogens is 214 g/mol. The average Bonchev–Trinajstić information content (AvgIpc) is 3.08. The van der Waals surface area contributed by atoms with Crippen LogP contribution < -0.4 is 5.73 Å². The lowest BCUT2D eigenvalue weighted by Crippen LogP contribution is -2.47. The summed E-state index contributed by atoms with van der Waals surface area (Å²) in [6.45, 7) is 8.49. The first-order chi connectivity index (χ1) is 8.17. The molecule has 1 saturated carbocycles. The first-order valence-corrected chi connectivity index (χ1v) is 6.95. The molecule has 0 aromatic heterocycles. The number of nitrogens with zero attached hydrogens (tertiary/aromatic N) is 2. The molecule has 1 saturated heterocycles. The normalized spacial score (nSPS) is 29.8. The van der Waals surface area contributed by atoms with Crippen LogP contribution in [-0.4, -0.2) is 54.0 Å². The second-order valence-electron chi connectivity index (χ2n) is 5.28. The van der Waals surface area contributed by atoms with Crippen molar-refractivity contribution in [2.75, 3.05) is 26.2 Å². The SMILES string of the molecule is CCN(CC)C1CCN(C(=O)C2CC2N)CC1. The van der Waals surface area contributed by atoms with E-state index in [0.29, 0.717) is 11.9 Å². The van der Waals surface area contributed by atoms with E-state index in [1.807, 2.05) is 4.90 Å². The van der Waals surface area contributed by atoms with E-state index < -0.39 is 0 Å². The van der Waals surface area contributed by atoms with E-state index >= 15 is 0 Å². The predicted molar refractivity (Wildman–Crippen MR) is 68.6 cm³/mol. The Morgan fingerprint density at radius 3 is 2.24 bits per heavy atom. The van der Waals surface area contributed by atoms with Crippen LogP contribution >= 0.6 is 0 Å². The fourth-order valence-electron chi connectivity index (χ4n) is 2.92. The van der Waals surface area contributed by atoms with Crippen LogP contribution in [-0.2, 0) is 4.79 Å². The number of hydrogen-bond acceptors (Lipinski definition) is 3. The Hall–Kier alpha value is -0.610. The van der Waals surface area contributed by atoms with Crippen LogP contribution in [0.4, 0.5) is 0 Å². The number of hydrogen-bond donors (Lipinski definition) is 1. The van der Waals surface area contributed by atoms with Crippen LogP contribution in [0.1, 0.15) is 33.1 Å². The van der Waals surface area contributed by atoms with Gasteiger partial charge in [-0.25, -0.2) is 0 Å². The molecule has 1 aliphatic heterocycles. The summed E-state index contributed by atoms with van der Waals surface area (Å²) in [6.07, 6.45) is 3.14. The lowest BCUT2D eigenvalue weighted by atomic mass is 10.0. The summed E-state index contributed by atoms with van der Waals surface area (Å²) in [5.74, 6) is 0.440. The fraction of sp³-hybridized carbons (Fsp3) is 0.923. The molecule has 2 aliphatic rings. The lowest BCUT2D eigenvalue weighted by Gasteiger charge is -2.37. The molecule has 0 spiro atoms. The van der Waals surface area contributed by atoms with Crippen LogP contribution in [0.15, 0.2) is 0 Å². The first-order valence-electron chi connectivity index (χ1n) is 6.95. The standard InChI is InChI=1S/C13H25N3O/c1-3-15(4-2)10-5-7-16(8-6-10)13(17)11-9-12(11)14/h10-12H,3-9,14H2,1-2H3. The Kier molecular flexibility index (Phi) is 4.05. The van der Waals surface area contributed by atoms with E-state index in [1.165, 1.54) is 0 Å². The summed E-state index contributed by atoms with van der Waals surface area (Å²) in [5, 5.41) is 0. The third kappa shape index (κ3) is 2.80. The molecule has 2 unspecified atom stereocenters. The van der Waals surface area contributed by atoms with E-state index in [2.05, 4.69) is 18.7 Å². The summed E-state index contributed by atoms with van der Waals surface area (Å²) in [4.78, 5) is 16.5. The van der Waals surface area contributed by atoms with Gasteiger partial charge in [-0.3, -0.25) is 4.79 Å². The molecule has 17 heavy (non-hydrogen) atoms. The molecule has 98 valence electrons. The van der Waals surface area contributed by atoms with E-state index in [4.69, 9.17) is 5.73 Å². The quantitative estimate of drug-likeness (QED) is 0.784. The minimum atomic E-state index is 0.139. The zero-order valence-corrected chi connectivity index (χ0v) is 11.1. The van der Waals surface area contributed by atoms with Crippen molar-refractivity contribution in [3.63, 3.8) is 0 Å². The van der Waals surface area contributed by atoms with Gasteiger partial charge in [0.05, 0.1) is 5.92 Å². The predicted octanol–water partition coefficient (Wildman–Crippen LogP) is 0.666. The van der Waals surface area contributed by atoms with Gasteiger partial charge < -0.3 is 15.5 Å². The van der Waals surface area contributed by atoms with E-state index in [9.17, 15) is 4.79 Å². The fourth-order valence-corrected chi connectivity index (χ4v) is 2.92. The van der Waals surface area contributed by atoms with Crippen molar-refractivity contribution in [3.05, 3.63) is 0 Å². The maximum absolute atomic E-state index is 12.0. The second kappa shape index (κ2) is 5.36. The minimum absolute atomic E-state index is 0.139. The van der Waals surface area contributed by atoms with Crippen molar-refractivity contribution in [1.29, 1.82) is 0 Å². The number of likely N-dealkylation sites (tertiary alicyclic amines) is 1. The van der Waals surface area contributed by atoms with Crippen molar-refractivity contribution >= 4 is 5.91 Å². The van der Waals surface area contributed by atoms with Crippen LogP contribution in [0.25, 0.3) is 0 Å². The Balaban J connectivity index is 1.79. The van der Waals surface area contributed by atoms with Gasteiger partial charge in [-0.05, 0) is 32.4 Å². The van der Waals surface area contributed by atoms with Gasteiger partial charge >= 0.3 is 0 Å². The minimum Gasteiger partial charge on any atom is -0.342 e. The highest BCUT2D eigenvalue weighted by molar-refractivity contribution is 5.82. The zero-order chi connectivity index (χ0) is 12.4. The summed E-state index contributed by atoms with van der Waals surface area (Å²) in [5.41, 5.74) is 5.74. The number of amides is 1. The summed E-state index contributed by atoms with van der Waals surface area (Å²) in [6, 6.07) is 0.810. The number of rotatable bonds is 4. The van der Waals surface area contributed by atoms with Crippen molar-refractivity contribution in [2.24, 2.45) is 11.7 Å². The molecule has 4 heteroatoms. The molecular formula is C13H25N3O. The van der Waals surface area contributed by atoms with Crippen LogP contribution in [0.5, 0.6) is 0 Å². The van der Waals surface area contributed by atoms with Crippen molar-refractivity contribution in [2.45, 2.75) is 45.2 Å². The van der Waals surface area contributed by atoms with Gasteiger partial charge in [0, 0.05) is 25.2 Å². The van der Waals surface area contributed by atoms with Gasteiger partial charge in [-0.2, -0.15) is 0 Å². The topological polar surface area (TPSA) is 49.6 Å². The first kappa shape index (κ1) is 12.8. The number of piperidine rings is 1. The van der Waals surface area contributed by atoms with Gasteiger partial charge in [-0.1, -0.05) is 13.8 Å². The molecule has 1 heterocycles. The van der Waals surface area contributed by atoms with Gasteiger partial charge in [-0.15, -0.1) is 0 Å². The highest BCUT2D eigenvalue weighted by atomic mass is 16.2. The van der Waals surface area contributed by atoms with Gasteiger partial charge in [0.2, 0.25) is 5.91 Å². The van der Waals surface area contributed by atoms with E-state index in [0.717, 1.165) is 45.4 Å². The Morgan fingerprint density at radius 2 is 1.82 bits per heavy atom. The van der Waals surface area contributed by atoms with Crippen molar-refractivity contribution in [1.82, 2.24) is 9.80 Å². The van der Waals surface area contributed by atoms with Crippen LogP contribution in [0.2, 0.25) is 0 Å². The molecule has 1 aliphatic carbocycles. The van der Waals surface area contributed by atoms with Crippen molar-refractivity contribution < 1.29 is 4.79 Å². The number of carbonyl (C=O) groups is 1. The largest absolute Gasteiger partial charge is 0.342 e. The van der Waals surface area contributed by atoms with E-state index in [1.54, 1.807) is 0 Å². The Morgan fingerprint density at radius 1 is 1.29 bits per heavy atom. The molecule has 0 aromatic carbocycles. The van der Waals surface area contributed by atoms with Crippen molar-refractivity contribution in [3.8, 4) is 0 Å². The molecule has 2 fully saturated rings.